The van der Waals surface area contributed by atoms with Crippen LogP contribution in [0.1, 0.15) is 13.3 Å². The standard InChI is InChI=1S/C16H21FN2O4/c1-16(15(21)18-2)11-19(8-10-23-16)14(20)7-9-22-13-6-4-3-5-12(13)17/h3-6H,7-11H2,1-2H3,(H,18,21)/t16-/m1/s1. The van der Waals surface area contributed by atoms with Gasteiger partial charge in [0.15, 0.2) is 17.2 Å². The lowest BCUT2D eigenvalue weighted by atomic mass is 10.0. The number of nitrogens with zero attached hydrogens (tertiary/aromatic N) is 1. The molecule has 1 aliphatic rings. The van der Waals surface area contributed by atoms with Crippen LogP contribution < -0.4 is 10.1 Å². The zero-order valence-corrected chi connectivity index (χ0v) is 13.3. The summed E-state index contributed by atoms with van der Waals surface area (Å²) in [6, 6.07) is 6.04. The average molecular weight is 324 g/mol. The van der Waals surface area contributed by atoms with Crippen molar-refractivity contribution in [1.82, 2.24) is 10.2 Å². The molecule has 0 aromatic heterocycles. The fraction of sp³-hybridized carbons (Fsp3) is 0.500. The number of para-hydroxylation sites is 1. The van der Waals surface area contributed by atoms with Crippen LogP contribution >= 0.6 is 0 Å². The van der Waals surface area contributed by atoms with Crippen molar-refractivity contribution in [2.24, 2.45) is 0 Å². The lowest BCUT2D eigenvalue weighted by molar-refractivity contribution is -0.162. The van der Waals surface area contributed by atoms with E-state index in [1.54, 1.807) is 24.0 Å². The normalized spacial score (nSPS) is 20.9. The van der Waals surface area contributed by atoms with E-state index in [1.165, 1.54) is 19.2 Å². The van der Waals surface area contributed by atoms with Crippen LogP contribution in [-0.4, -0.2) is 55.7 Å². The van der Waals surface area contributed by atoms with E-state index >= 15 is 0 Å². The maximum absolute atomic E-state index is 13.4. The summed E-state index contributed by atoms with van der Waals surface area (Å²) in [5.74, 6) is -0.756. The monoisotopic (exact) mass is 324 g/mol. The van der Waals surface area contributed by atoms with Crippen LogP contribution in [0, 0.1) is 5.82 Å². The van der Waals surface area contributed by atoms with Gasteiger partial charge < -0.3 is 19.7 Å². The fourth-order valence-corrected chi connectivity index (χ4v) is 2.45. The van der Waals surface area contributed by atoms with Crippen molar-refractivity contribution in [3.63, 3.8) is 0 Å². The molecule has 1 aromatic carbocycles. The first-order valence-electron chi connectivity index (χ1n) is 7.47. The van der Waals surface area contributed by atoms with E-state index in [9.17, 15) is 14.0 Å². The zero-order valence-electron chi connectivity index (χ0n) is 13.3. The number of benzene rings is 1. The molecule has 1 heterocycles. The maximum atomic E-state index is 13.4. The highest BCUT2D eigenvalue weighted by atomic mass is 19.1. The minimum Gasteiger partial charge on any atom is -0.490 e. The molecule has 23 heavy (non-hydrogen) atoms. The van der Waals surface area contributed by atoms with E-state index in [0.29, 0.717) is 13.2 Å². The predicted molar refractivity (Wildman–Crippen MR) is 81.5 cm³/mol. The average Bonchev–Trinajstić information content (AvgIpc) is 2.55. The van der Waals surface area contributed by atoms with Crippen molar-refractivity contribution < 1.29 is 23.5 Å². The summed E-state index contributed by atoms with van der Waals surface area (Å²) in [7, 11) is 1.53. The Kier molecular flexibility index (Phi) is 5.54. The molecule has 1 saturated heterocycles. The van der Waals surface area contributed by atoms with Gasteiger partial charge in [-0.2, -0.15) is 0 Å². The first-order valence-corrected chi connectivity index (χ1v) is 7.47. The van der Waals surface area contributed by atoms with E-state index in [1.807, 2.05) is 0 Å². The molecule has 0 spiro atoms. The fourth-order valence-electron chi connectivity index (χ4n) is 2.45. The molecule has 0 bridgehead atoms. The molecule has 1 fully saturated rings. The lowest BCUT2D eigenvalue weighted by Gasteiger charge is -2.39. The molecule has 2 rings (SSSR count). The topological polar surface area (TPSA) is 67.9 Å². The highest BCUT2D eigenvalue weighted by Crippen LogP contribution is 2.19. The molecule has 1 aliphatic heterocycles. The third-order valence-electron chi connectivity index (χ3n) is 3.74. The third-order valence-corrected chi connectivity index (χ3v) is 3.74. The van der Waals surface area contributed by atoms with Crippen LogP contribution in [0.25, 0.3) is 0 Å². The first kappa shape index (κ1) is 17.2. The van der Waals surface area contributed by atoms with Gasteiger partial charge in [0.05, 0.1) is 26.2 Å². The Morgan fingerprint density at radius 2 is 2.17 bits per heavy atom. The molecule has 1 atom stereocenters. The van der Waals surface area contributed by atoms with Crippen molar-refractivity contribution in [3.8, 4) is 5.75 Å². The van der Waals surface area contributed by atoms with Crippen LogP contribution in [0.5, 0.6) is 5.75 Å². The number of hydrogen-bond acceptors (Lipinski definition) is 4. The second kappa shape index (κ2) is 7.41. The Hall–Kier alpha value is -2.15. The molecule has 0 saturated carbocycles. The Labute approximate surface area is 134 Å². The maximum Gasteiger partial charge on any atom is 0.253 e. The number of morpholine rings is 1. The van der Waals surface area contributed by atoms with Crippen LogP contribution in [-0.2, 0) is 14.3 Å². The summed E-state index contributed by atoms with van der Waals surface area (Å²) in [4.78, 5) is 25.7. The summed E-state index contributed by atoms with van der Waals surface area (Å²) in [5, 5.41) is 2.54. The molecule has 6 nitrogen and oxygen atoms in total. The largest absolute Gasteiger partial charge is 0.490 e. The van der Waals surface area contributed by atoms with Crippen LogP contribution in [0.4, 0.5) is 4.39 Å². The summed E-state index contributed by atoms with van der Waals surface area (Å²) < 4.78 is 24.2. The Morgan fingerprint density at radius 3 is 2.87 bits per heavy atom. The van der Waals surface area contributed by atoms with E-state index in [4.69, 9.17) is 9.47 Å². The van der Waals surface area contributed by atoms with Crippen LogP contribution in [0.15, 0.2) is 24.3 Å². The first-order chi connectivity index (χ1) is 11.0. The second-order valence-electron chi connectivity index (χ2n) is 5.50. The number of ether oxygens (including phenoxy) is 2. The van der Waals surface area contributed by atoms with Gasteiger partial charge in [0.2, 0.25) is 5.91 Å². The van der Waals surface area contributed by atoms with Gasteiger partial charge in [-0.1, -0.05) is 12.1 Å². The number of rotatable bonds is 5. The molecular weight excluding hydrogens is 303 g/mol. The van der Waals surface area contributed by atoms with Gasteiger partial charge in [-0.15, -0.1) is 0 Å². The molecule has 7 heteroatoms. The highest BCUT2D eigenvalue weighted by Gasteiger charge is 2.39. The number of likely N-dealkylation sites (N-methyl/N-ethyl adjacent to an activating group) is 1. The zero-order chi connectivity index (χ0) is 16.9. The molecule has 126 valence electrons. The smallest absolute Gasteiger partial charge is 0.253 e. The van der Waals surface area contributed by atoms with Gasteiger partial charge in [-0.3, -0.25) is 9.59 Å². The van der Waals surface area contributed by atoms with E-state index < -0.39 is 11.4 Å². The van der Waals surface area contributed by atoms with Gasteiger partial charge in [-0.25, -0.2) is 4.39 Å². The molecular formula is C16H21FN2O4. The van der Waals surface area contributed by atoms with Crippen LogP contribution in [0.3, 0.4) is 0 Å². The van der Waals surface area contributed by atoms with Gasteiger partial charge in [0.1, 0.15) is 0 Å². The van der Waals surface area contributed by atoms with Gasteiger partial charge in [0.25, 0.3) is 5.91 Å². The van der Waals surface area contributed by atoms with Crippen molar-refractivity contribution in [2.45, 2.75) is 18.9 Å². The van der Waals surface area contributed by atoms with E-state index in [0.717, 1.165) is 0 Å². The number of carbonyl (C=O) groups excluding carboxylic acids is 2. The number of carbonyl (C=O) groups is 2. The van der Waals surface area contributed by atoms with Gasteiger partial charge in [0, 0.05) is 13.6 Å². The molecule has 1 aromatic rings. The van der Waals surface area contributed by atoms with Crippen molar-refractivity contribution in [2.75, 3.05) is 33.4 Å². The Balaban J connectivity index is 1.86. The van der Waals surface area contributed by atoms with Crippen molar-refractivity contribution >= 4 is 11.8 Å². The summed E-state index contributed by atoms with van der Waals surface area (Å²) >= 11 is 0. The summed E-state index contributed by atoms with van der Waals surface area (Å²) in [6.07, 6.45) is 0.109. The van der Waals surface area contributed by atoms with Gasteiger partial charge in [-0.05, 0) is 19.1 Å². The second-order valence-corrected chi connectivity index (χ2v) is 5.50. The predicted octanol–water partition coefficient (Wildman–Crippen LogP) is 0.958. The van der Waals surface area contributed by atoms with Gasteiger partial charge >= 0.3 is 0 Å². The lowest BCUT2D eigenvalue weighted by Crippen LogP contribution is -2.58. The summed E-state index contributed by atoms with van der Waals surface area (Å²) in [5.41, 5.74) is -1.05. The third kappa shape index (κ3) is 4.19. The highest BCUT2D eigenvalue weighted by molar-refractivity contribution is 5.86. The number of halogens is 1. The van der Waals surface area contributed by atoms with Crippen molar-refractivity contribution in [1.29, 1.82) is 0 Å². The Bertz CT molecular complexity index is 581. The molecule has 2 amide bonds. The number of nitrogens with one attached hydrogen (secondary N) is 1. The minimum atomic E-state index is -1.05. The molecule has 0 aliphatic carbocycles. The number of hydrogen-bond donors (Lipinski definition) is 1. The molecule has 0 unspecified atom stereocenters. The quantitative estimate of drug-likeness (QED) is 0.876. The summed E-state index contributed by atoms with van der Waals surface area (Å²) in [6.45, 7) is 2.63. The minimum absolute atomic E-state index is 0.0772. The molecule has 0 radical (unpaired) electrons. The van der Waals surface area contributed by atoms with Crippen LogP contribution in [0.2, 0.25) is 0 Å². The van der Waals surface area contributed by atoms with E-state index in [2.05, 4.69) is 5.32 Å². The Morgan fingerprint density at radius 1 is 1.43 bits per heavy atom. The van der Waals surface area contributed by atoms with E-state index in [-0.39, 0.29) is 37.1 Å². The number of amides is 2. The van der Waals surface area contributed by atoms with Crippen molar-refractivity contribution in [3.05, 3.63) is 30.1 Å². The molecule has 1 N–H and O–H groups in total. The SMILES string of the molecule is CNC(=O)[C@@]1(C)CN(C(=O)CCOc2ccccc2F)CCO1.